The number of aliphatic hydroxyl groups excluding tert-OH is 1. The van der Waals surface area contributed by atoms with E-state index in [9.17, 15) is 18.7 Å². The molecule has 1 fully saturated rings. The van der Waals surface area contributed by atoms with Crippen molar-refractivity contribution in [1.29, 1.82) is 0 Å². The Morgan fingerprint density at radius 3 is 2.38 bits per heavy atom. The van der Waals surface area contributed by atoms with Crippen LogP contribution in [0, 0.1) is 24.0 Å². The first-order chi connectivity index (χ1) is 11.5. The van der Waals surface area contributed by atoms with Crippen LogP contribution in [0.15, 0.2) is 12.1 Å². The van der Waals surface area contributed by atoms with Crippen molar-refractivity contribution in [3.8, 4) is 12.3 Å². The van der Waals surface area contributed by atoms with Crippen LogP contribution in [-0.4, -0.2) is 59.8 Å². The number of anilines is 1. The zero-order chi connectivity index (χ0) is 17.7. The largest absolute Gasteiger partial charge is 0.395 e. The highest BCUT2D eigenvalue weighted by Crippen LogP contribution is 2.21. The Kier molecular flexibility index (Phi) is 6.12. The summed E-state index contributed by atoms with van der Waals surface area (Å²) in [5.74, 6) is 0.347. The number of carbonyl (C=O) groups excluding carboxylic acids is 1. The number of benzene rings is 1. The Morgan fingerprint density at radius 1 is 1.33 bits per heavy atom. The van der Waals surface area contributed by atoms with Gasteiger partial charge in [-0.1, -0.05) is 12.8 Å². The van der Waals surface area contributed by atoms with Gasteiger partial charge in [0.05, 0.1) is 6.61 Å². The Balaban J connectivity index is 1.99. The van der Waals surface area contributed by atoms with Crippen LogP contribution >= 0.6 is 0 Å². The topological polar surface area (TPSA) is 55.8 Å². The van der Waals surface area contributed by atoms with Gasteiger partial charge in [-0.15, -0.1) is 6.42 Å². The zero-order valence-corrected chi connectivity index (χ0v) is 13.6. The molecule has 1 unspecified atom stereocenters. The van der Waals surface area contributed by atoms with Crippen molar-refractivity contribution < 1.29 is 18.7 Å². The van der Waals surface area contributed by atoms with Gasteiger partial charge in [-0.2, -0.15) is 0 Å². The number of carbonyl (C=O) groups is 1. The molecule has 0 saturated carbocycles. The molecule has 1 aromatic carbocycles. The molecule has 24 heavy (non-hydrogen) atoms. The second-order valence-corrected chi connectivity index (χ2v) is 5.66. The lowest BCUT2D eigenvalue weighted by Gasteiger charge is -2.38. The third-order valence-electron chi connectivity index (χ3n) is 4.24. The molecule has 7 heteroatoms. The Bertz CT molecular complexity index is 610. The average molecular weight is 337 g/mol. The number of nitrogens with zero attached hydrogens (tertiary/aromatic N) is 2. The number of rotatable bonds is 4. The molecule has 1 aliphatic rings. The SMILES string of the molecule is C#Cc1cc(F)c(NC(=O)N2CCN(C(CC)CO)CC2)c(F)c1. The van der Waals surface area contributed by atoms with E-state index in [2.05, 4.69) is 16.1 Å². The molecular formula is C17H21F2N3O2. The number of hydrogen-bond donors (Lipinski definition) is 2. The molecular weight excluding hydrogens is 316 g/mol. The molecule has 0 aliphatic carbocycles. The van der Waals surface area contributed by atoms with Gasteiger partial charge in [-0.3, -0.25) is 4.90 Å². The summed E-state index contributed by atoms with van der Waals surface area (Å²) in [6.07, 6.45) is 5.93. The fourth-order valence-electron chi connectivity index (χ4n) is 2.75. The van der Waals surface area contributed by atoms with Crippen LogP contribution in [-0.2, 0) is 0 Å². The predicted molar refractivity (Wildman–Crippen MR) is 87.6 cm³/mol. The third kappa shape index (κ3) is 4.02. The van der Waals surface area contributed by atoms with Crippen LogP contribution in [0.25, 0.3) is 0 Å². The number of halogens is 2. The maximum absolute atomic E-state index is 13.9. The van der Waals surface area contributed by atoms with E-state index in [-0.39, 0.29) is 18.2 Å². The number of urea groups is 1. The van der Waals surface area contributed by atoms with Crippen molar-refractivity contribution in [3.63, 3.8) is 0 Å². The first-order valence-electron chi connectivity index (χ1n) is 7.86. The smallest absolute Gasteiger partial charge is 0.322 e. The molecule has 2 N–H and O–H groups in total. The highest BCUT2D eigenvalue weighted by Gasteiger charge is 2.26. The van der Waals surface area contributed by atoms with Gasteiger partial charge >= 0.3 is 6.03 Å². The van der Waals surface area contributed by atoms with Gasteiger partial charge < -0.3 is 15.3 Å². The van der Waals surface area contributed by atoms with Gasteiger partial charge in [0.2, 0.25) is 0 Å². The number of nitrogens with one attached hydrogen (secondary N) is 1. The number of hydrogen-bond acceptors (Lipinski definition) is 3. The second kappa shape index (κ2) is 8.08. The van der Waals surface area contributed by atoms with Crippen molar-refractivity contribution in [2.45, 2.75) is 19.4 Å². The van der Waals surface area contributed by atoms with Gasteiger partial charge in [-0.05, 0) is 18.6 Å². The zero-order valence-electron chi connectivity index (χ0n) is 13.6. The molecule has 0 spiro atoms. The van der Waals surface area contributed by atoms with Crippen molar-refractivity contribution in [2.75, 3.05) is 38.1 Å². The summed E-state index contributed by atoms with van der Waals surface area (Å²) in [5.41, 5.74) is -0.422. The van der Waals surface area contributed by atoms with Crippen LogP contribution in [0.3, 0.4) is 0 Å². The summed E-state index contributed by atoms with van der Waals surface area (Å²) in [6, 6.07) is 1.52. The minimum absolute atomic E-state index is 0.0701. The normalized spacial score (nSPS) is 16.5. The lowest BCUT2D eigenvalue weighted by Crippen LogP contribution is -2.53. The van der Waals surface area contributed by atoms with Gasteiger partial charge in [-0.25, -0.2) is 13.6 Å². The van der Waals surface area contributed by atoms with Crippen molar-refractivity contribution in [1.82, 2.24) is 9.80 Å². The number of piperazine rings is 1. The Hall–Kier alpha value is -2.17. The van der Waals surface area contributed by atoms with Crippen molar-refractivity contribution in [3.05, 3.63) is 29.3 Å². The van der Waals surface area contributed by atoms with E-state index >= 15 is 0 Å². The Labute approximate surface area is 140 Å². The summed E-state index contributed by atoms with van der Waals surface area (Å²) in [4.78, 5) is 15.8. The van der Waals surface area contributed by atoms with Crippen LogP contribution in [0.4, 0.5) is 19.3 Å². The van der Waals surface area contributed by atoms with E-state index in [0.717, 1.165) is 18.6 Å². The lowest BCUT2D eigenvalue weighted by atomic mass is 10.1. The summed E-state index contributed by atoms with van der Waals surface area (Å²) in [7, 11) is 0. The van der Waals surface area contributed by atoms with Crippen molar-refractivity contribution >= 4 is 11.7 Å². The van der Waals surface area contributed by atoms with E-state index in [1.54, 1.807) is 0 Å². The summed E-state index contributed by atoms with van der Waals surface area (Å²) < 4.78 is 27.8. The van der Waals surface area contributed by atoms with E-state index in [1.165, 1.54) is 4.90 Å². The van der Waals surface area contributed by atoms with Crippen molar-refractivity contribution in [2.24, 2.45) is 0 Å². The molecule has 2 rings (SSSR count). The monoisotopic (exact) mass is 337 g/mol. The molecule has 2 amide bonds. The highest BCUT2D eigenvalue weighted by atomic mass is 19.1. The van der Waals surface area contributed by atoms with Gasteiger partial charge in [0.15, 0.2) is 11.6 Å². The lowest BCUT2D eigenvalue weighted by molar-refractivity contribution is 0.0765. The highest BCUT2D eigenvalue weighted by molar-refractivity contribution is 5.89. The molecule has 0 bridgehead atoms. The molecule has 0 aromatic heterocycles. The minimum atomic E-state index is -0.902. The standard InChI is InChI=1S/C17H21F2N3O2/c1-3-12-9-14(18)16(15(19)10-12)20-17(24)22-7-5-21(6-8-22)13(4-2)11-23/h1,9-10,13,23H,4-8,11H2,2H3,(H,20,24). The van der Waals surface area contributed by atoms with Crippen LogP contribution < -0.4 is 5.32 Å². The first kappa shape index (κ1) is 18.2. The van der Waals surface area contributed by atoms with Gasteiger partial charge in [0.1, 0.15) is 5.69 Å². The molecule has 130 valence electrons. The molecule has 1 aliphatic heterocycles. The first-order valence-corrected chi connectivity index (χ1v) is 7.86. The fourth-order valence-corrected chi connectivity index (χ4v) is 2.75. The van der Waals surface area contributed by atoms with E-state index < -0.39 is 23.4 Å². The fraction of sp³-hybridized carbons (Fsp3) is 0.471. The summed E-state index contributed by atoms with van der Waals surface area (Å²) in [6.45, 7) is 4.12. The molecule has 1 heterocycles. The molecule has 1 atom stereocenters. The number of terminal acetylenes is 1. The Morgan fingerprint density at radius 2 is 1.92 bits per heavy atom. The quantitative estimate of drug-likeness (QED) is 0.825. The maximum Gasteiger partial charge on any atom is 0.322 e. The third-order valence-corrected chi connectivity index (χ3v) is 4.24. The maximum atomic E-state index is 13.9. The second-order valence-electron chi connectivity index (χ2n) is 5.66. The predicted octanol–water partition coefficient (Wildman–Crippen LogP) is 1.87. The summed E-state index contributed by atoms with van der Waals surface area (Å²) >= 11 is 0. The number of amides is 2. The minimum Gasteiger partial charge on any atom is -0.395 e. The summed E-state index contributed by atoms with van der Waals surface area (Å²) in [5, 5.41) is 11.6. The molecule has 0 radical (unpaired) electrons. The molecule has 1 saturated heterocycles. The van der Waals surface area contributed by atoms with Crippen LogP contribution in [0.5, 0.6) is 0 Å². The van der Waals surface area contributed by atoms with E-state index in [0.29, 0.717) is 26.2 Å². The average Bonchev–Trinajstić information content (AvgIpc) is 2.59. The van der Waals surface area contributed by atoms with E-state index in [4.69, 9.17) is 6.42 Å². The van der Waals surface area contributed by atoms with Gasteiger partial charge in [0, 0.05) is 37.8 Å². The molecule has 1 aromatic rings. The number of aliphatic hydroxyl groups is 1. The van der Waals surface area contributed by atoms with Gasteiger partial charge in [0.25, 0.3) is 0 Å². The van der Waals surface area contributed by atoms with Crippen LogP contribution in [0.1, 0.15) is 18.9 Å². The van der Waals surface area contributed by atoms with E-state index in [1.807, 2.05) is 6.92 Å². The van der Waals surface area contributed by atoms with Crippen LogP contribution in [0.2, 0.25) is 0 Å². The molecule has 5 nitrogen and oxygen atoms in total.